The highest BCUT2D eigenvalue weighted by Gasteiger charge is 2.65. The summed E-state index contributed by atoms with van der Waals surface area (Å²) in [6.45, 7) is 14.7. The molecule has 4 rings (SSSR count). The molecule has 0 aromatic carbocycles. The highest BCUT2D eigenvalue weighted by Crippen LogP contribution is 2.72. The molecule has 0 aromatic rings. The quantitative estimate of drug-likeness (QED) is 0.513. The van der Waals surface area contributed by atoms with E-state index in [-0.39, 0.29) is 12.2 Å². The van der Waals surface area contributed by atoms with Gasteiger partial charge in [-0.05, 0) is 122 Å². The zero-order chi connectivity index (χ0) is 21.9. The van der Waals surface area contributed by atoms with Crippen molar-refractivity contribution in [1.82, 2.24) is 0 Å². The number of hydrogen-bond donors (Lipinski definition) is 2. The molecule has 0 aliphatic heterocycles. The Hall–Kier alpha value is -0.0800. The summed E-state index contributed by atoms with van der Waals surface area (Å²) >= 11 is 0. The molecule has 4 fully saturated rings. The van der Waals surface area contributed by atoms with Gasteiger partial charge >= 0.3 is 0 Å². The number of aliphatic hydroxyl groups is 2. The Balaban J connectivity index is 1.53. The molecule has 0 saturated heterocycles. The van der Waals surface area contributed by atoms with Crippen LogP contribution < -0.4 is 0 Å². The molecular weight excluding hydrogens is 368 g/mol. The molecule has 174 valence electrons. The molecule has 4 unspecified atom stereocenters. The Labute approximate surface area is 186 Å². The highest BCUT2D eigenvalue weighted by atomic mass is 16.3. The van der Waals surface area contributed by atoms with Gasteiger partial charge in [-0.2, -0.15) is 0 Å². The lowest BCUT2D eigenvalue weighted by atomic mass is 9.38. The van der Waals surface area contributed by atoms with Gasteiger partial charge in [0.1, 0.15) is 0 Å². The van der Waals surface area contributed by atoms with Crippen LogP contribution in [-0.2, 0) is 0 Å². The first-order valence-electron chi connectivity index (χ1n) is 13.4. The van der Waals surface area contributed by atoms with Crippen LogP contribution in [0.5, 0.6) is 0 Å². The fraction of sp³-hybridized carbons (Fsp3) is 1.00. The van der Waals surface area contributed by atoms with Crippen LogP contribution in [-0.4, -0.2) is 22.4 Å². The predicted octanol–water partition coefficient (Wildman–Crippen LogP) is 6.83. The van der Waals surface area contributed by atoms with Crippen LogP contribution in [0.2, 0.25) is 0 Å². The zero-order valence-corrected chi connectivity index (χ0v) is 20.8. The monoisotopic (exact) mass is 418 g/mol. The summed E-state index contributed by atoms with van der Waals surface area (Å²) in [5.41, 5.74) is 1.23. The van der Waals surface area contributed by atoms with Crippen LogP contribution in [0.15, 0.2) is 0 Å². The SMILES string of the molecule is CCC(O)CC[C@@H](C)C1CC[C@H]2[C@@H]3CCC4(C)C(C)[C@@H](O)CC[C@]4(C)[C@H]3CC[C@]12C. The van der Waals surface area contributed by atoms with Gasteiger partial charge in [0, 0.05) is 0 Å². The molecule has 4 aliphatic carbocycles. The van der Waals surface area contributed by atoms with E-state index in [9.17, 15) is 10.2 Å². The zero-order valence-electron chi connectivity index (χ0n) is 20.8. The van der Waals surface area contributed by atoms with Crippen LogP contribution in [0.3, 0.4) is 0 Å². The fourth-order valence-electron chi connectivity index (χ4n) is 9.83. The topological polar surface area (TPSA) is 40.5 Å². The maximum Gasteiger partial charge on any atom is 0.0571 e. The van der Waals surface area contributed by atoms with Gasteiger partial charge in [0.15, 0.2) is 0 Å². The minimum absolute atomic E-state index is 0.0938. The lowest BCUT2D eigenvalue weighted by Crippen LogP contribution is -2.61. The minimum Gasteiger partial charge on any atom is -0.393 e. The number of hydrogen-bond acceptors (Lipinski definition) is 2. The van der Waals surface area contributed by atoms with Gasteiger partial charge < -0.3 is 10.2 Å². The summed E-state index contributed by atoms with van der Waals surface area (Å²) in [4.78, 5) is 0. The molecule has 0 radical (unpaired) electrons. The summed E-state index contributed by atoms with van der Waals surface area (Å²) in [6.07, 6.45) is 13.5. The Morgan fingerprint density at radius 3 is 2.27 bits per heavy atom. The van der Waals surface area contributed by atoms with Crippen molar-refractivity contribution < 1.29 is 10.2 Å². The largest absolute Gasteiger partial charge is 0.393 e. The maximum absolute atomic E-state index is 10.7. The normalized spacial score (nSPS) is 52.8. The lowest BCUT2D eigenvalue weighted by molar-refractivity contribution is -0.196. The van der Waals surface area contributed by atoms with Crippen molar-refractivity contribution in [2.75, 3.05) is 0 Å². The Morgan fingerprint density at radius 1 is 0.867 bits per heavy atom. The third-order valence-corrected chi connectivity index (χ3v) is 12.3. The van der Waals surface area contributed by atoms with Gasteiger partial charge in [-0.15, -0.1) is 0 Å². The number of aliphatic hydroxyl groups excluding tert-OH is 2. The predicted molar refractivity (Wildman–Crippen MR) is 125 cm³/mol. The fourth-order valence-corrected chi connectivity index (χ4v) is 9.83. The van der Waals surface area contributed by atoms with Gasteiger partial charge in [-0.1, -0.05) is 41.5 Å². The summed E-state index contributed by atoms with van der Waals surface area (Å²) in [5.74, 6) is 4.70. The second-order valence-corrected chi connectivity index (χ2v) is 13.0. The van der Waals surface area contributed by atoms with E-state index in [0.29, 0.717) is 22.2 Å². The number of rotatable bonds is 5. The first-order chi connectivity index (χ1) is 14.1. The second kappa shape index (κ2) is 8.05. The molecule has 0 amide bonds. The van der Waals surface area contributed by atoms with Crippen molar-refractivity contribution in [2.45, 2.75) is 124 Å². The second-order valence-electron chi connectivity index (χ2n) is 13.0. The van der Waals surface area contributed by atoms with E-state index in [1.54, 1.807) is 0 Å². The molecule has 0 bridgehead atoms. The molecule has 2 heteroatoms. The van der Waals surface area contributed by atoms with E-state index in [1.165, 1.54) is 51.4 Å². The van der Waals surface area contributed by atoms with Crippen molar-refractivity contribution in [1.29, 1.82) is 0 Å². The van der Waals surface area contributed by atoms with Crippen molar-refractivity contribution >= 4 is 0 Å². The van der Waals surface area contributed by atoms with Gasteiger partial charge in [0.25, 0.3) is 0 Å². The van der Waals surface area contributed by atoms with E-state index in [1.807, 2.05) is 0 Å². The number of fused-ring (bicyclic) bond motifs is 5. The third-order valence-electron chi connectivity index (χ3n) is 12.3. The van der Waals surface area contributed by atoms with Crippen molar-refractivity contribution in [3.63, 3.8) is 0 Å². The van der Waals surface area contributed by atoms with E-state index < -0.39 is 0 Å². The molecule has 4 saturated carbocycles. The molecule has 11 atom stereocenters. The molecular formula is C28H50O2. The average Bonchev–Trinajstić information content (AvgIpc) is 3.08. The minimum atomic E-state index is -0.104. The van der Waals surface area contributed by atoms with E-state index in [4.69, 9.17) is 0 Å². The van der Waals surface area contributed by atoms with Crippen LogP contribution >= 0.6 is 0 Å². The molecule has 0 heterocycles. The Morgan fingerprint density at radius 2 is 1.57 bits per heavy atom. The van der Waals surface area contributed by atoms with Gasteiger partial charge in [-0.3, -0.25) is 0 Å². The van der Waals surface area contributed by atoms with Gasteiger partial charge in [0.05, 0.1) is 12.2 Å². The molecule has 2 nitrogen and oxygen atoms in total. The van der Waals surface area contributed by atoms with Gasteiger partial charge in [-0.25, -0.2) is 0 Å². The molecule has 2 N–H and O–H groups in total. The molecule has 30 heavy (non-hydrogen) atoms. The van der Waals surface area contributed by atoms with E-state index >= 15 is 0 Å². The van der Waals surface area contributed by atoms with Crippen LogP contribution in [0.4, 0.5) is 0 Å². The van der Waals surface area contributed by atoms with Crippen LogP contribution in [0.1, 0.15) is 112 Å². The third kappa shape index (κ3) is 3.25. The Bertz CT molecular complexity index is 618. The first kappa shape index (κ1) is 23.1. The van der Waals surface area contributed by atoms with Crippen molar-refractivity contribution in [2.24, 2.45) is 51.8 Å². The first-order valence-corrected chi connectivity index (χ1v) is 13.4. The van der Waals surface area contributed by atoms with Crippen LogP contribution in [0.25, 0.3) is 0 Å². The molecule has 0 aromatic heterocycles. The summed E-state index contributed by atoms with van der Waals surface area (Å²) in [7, 11) is 0. The lowest BCUT2D eigenvalue weighted by Gasteiger charge is -2.67. The smallest absolute Gasteiger partial charge is 0.0571 e. The maximum atomic E-state index is 10.7. The molecule has 0 spiro atoms. The molecule has 4 aliphatic rings. The van der Waals surface area contributed by atoms with Gasteiger partial charge in [0.2, 0.25) is 0 Å². The summed E-state index contributed by atoms with van der Waals surface area (Å²) in [5, 5.41) is 20.8. The van der Waals surface area contributed by atoms with E-state index in [0.717, 1.165) is 48.9 Å². The summed E-state index contributed by atoms with van der Waals surface area (Å²) < 4.78 is 0. The Kier molecular flexibility index (Phi) is 6.20. The van der Waals surface area contributed by atoms with E-state index in [2.05, 4.69) is 41.5 Å². The standard InChI is InChI=1S/C28H50O2/c1-7-20(29)9-8-18(2)22-10-11-23-21-12-16-27(5)19(3)25(30)14-17-28(27,6)24(21)13-15-26(22,23)4/h18-25,29-30H,7-17H2,1-6H3/t18-,19?,20?,21+,22?,23+,24+,25+,26-,27?,28-/m1/s1. The van der Waals surface area contributed by atoms with Crippen molar-refractivity contribution in [3.05, 3.63) is 0 Å². The summed E-state index contributed by atoms with van der Waals surface area (Å²) in [6, 6.07) is 0. The average molecular weight is 419 g/mol. The van der Waals surface area contributed by atoms with Crippen molar-refractivity contribution in [3.8, 4) is 0 Å². The van der Waals surface area contributed by atoms with Crippen LogP contribution in [0, 0.1) is 51.8 Å². The highest BCUT2D eigenvalue weighted by molar-refractivity contribution is 5.14.